The number of aryl methyl sites for hydroxylation is 1. The molecule has 0 atom stereocenters. The van der Waals surface area contributed by atoms with Crippen LogP contribution in [0.1, 0.15) is 12.0 Å². The first kappa shape index (κ1) is 16.3. The Morgan fingerprint density at radius 3 is 2.67 bits per heavy atom. The van der Waals surface area contributed by atoms with Crippen LogP contribution in [0, 0.1) is 12.7 Å². The van der Waals surface area contributed by atoms with Crippen LogP contribution in [0.2, 0.25) is 0 Å². The Bertz CT molecular complexity index is 711. The minimum Gasteiger partial charge on any atom is -0.212 e. The third kappa shape index (κ3) is 3.60. The zero-order valence-electron chi connectivity index (χ0n) is 11.5. The van der Waals surface area contributed by atoms with Crippen molar-refractivity contribution in [1.29, 1.82) is 0 Å². The molecule has 1 fully saturated rings. The highest BCUT2D eigenvalue weighted by Crippen LogP contribution is 2.18. The summed E-state index contributed by atoms with van der Waals surface area (Å²) in [6.45, 7) is 1.86. The lowest BCUT2D eigenvalue weighted by molar-refractivity contribution is 0.444. The smallest absolute Gasteiger partial charge is 0.212 e. The number of hydrogen-bond acceptors (Lipinski definition) is 4. The molecular weight excluding hydrogens is 319 g/mol. The van der Waals surface area contributed by atoms with Crippen molar-refractivity contribution in [3.63, 3.8) is 0 Å². The molecule has 0 aliphatic carbocycles. The second-order valence-corrected chi connectivity index (χ2v) is 8.64. The fourth-order valence-corrected chi connectivity index (χ4v) is 5.13. The maximum atomic E-state index is 13.7. The van der Waals surface area contributed by atoms with Gasteiger partial charge in [0.15, 0.2) is 0 Å². The molecule has 1 N–H and O–H groups in total. The Labute approximate surface area is 124 Å². The van der Waals surface area contributed by atoms with E-state index in [-0.39, 0.29) is 18.8 Å². The van der Waals surface area contributed by atoms with Gasteiger partial charge in [-0.3, -0.25) is 0 Å². The molecule has 2 rings (SSSR count). The van der Waals surface area contributed by atoms with Crippen LogP contribution in [0.5, 0.6) is 0 Å². The largest absolute Gasteiger partial charge is 0.243 e. The molecule has 0 bridgehead atoms. The van der Waals surface area contributed by atoms with Crippen LogP contribution in [-0.2, 0) is 20.0 Å². The minimum absolute atomic E-state index is 0.0507. The van der Waals surface area contributed by atoms with Gasteiger partial charge in [0, 0.05) is 19.6 Å². The number of benzene rings is 1. The average Bonchev–Trinajstić information content (AvgIpc) is 2.68. The quantitative estimate of drug-likeness (QED) is 0.846. The lowest BCUT2D eigenvalue weighted by atomic mass is 10.2. The van der Waals surface area contributed by atoms with Crippen molar-refractivity contribution in [2.45, 2.75) is 18.2 Å². The van der Waals surface area contributed by atoms with E-state index in [1.807, 2.05) is 0 Å². The summed E-state index contributed by atoms with van der Waals surface area (Å²) in [5.41, 5.74) is 0.302. The standard InChI is InChI=1S/C12H17FN2O4S2/c1-10-4-2-5-11(13)12(10)21(18,19)14-6-8-15-7-3-9-20(15,16)17/h2,4-5,14H,3,6-9H2,1H3. The van der Waals surface area contributed by atoms with Crippen molar-refractivity contribution in [3.8, 4) is 0 Å². The minimum atomic E-state index is -4.00. The van der Waals surface area contributed by atoms with Gasteiger partial charge in [-0.1, -0.05) is 12.1 Å². The molecule has 1 aliphatic rings. The highest BCUT2D eigenvalue weighted by Gasteiger charge is 2.28. The molecule has 0 radical (unpaired) electrons. The first-order valence-corrected chi connectivity index (χ1v) is 9.56. The van der Waals surface area contributed by atoms with Crippen LogP contribution in [0.3, 0.4) is 0 Å². The van der Waals surface area contributed by atoms with Gasteiger partial charge in [-0.15, -0.1) is 0 Å². The number of rotatable bonds is 5. The zero-order chi connectivity index (χ0) is 15.7. The topological polar surface area (TPSA) is 83.6 Å². The van der Waals surface area contributed by atoms with E-state index in [4.69, 9.17) is 0 Å². The summed E-state index contributed by atoms with van der Waals surface area (Å²) in [7, 11) is -7.26. The number of sulfonamides is 2. The van der Waals surface area contributed by atoms with Gasteiger partial charge in [-0.05, 0) is 25.0 Å². The highest BCUT2D eigenvalue weighted by atomic mass is 32.2. The monoisotopic (exact) mass is 336 g/mol. The molecule has 21 heavy (non-hydrogen) atoms. The molecule has 1 aromatic rings. The third-order valence-electron chi connectivity index (χ3n) is 3.29. The highest BCUT2D eigenvalue weighted by molar-refractivity contribution is 7.89. The number of nitrogens with zero attached hydrogens (tertiary/aromatic N) is 1. The van der Waals surface area contributed by atoms with Gasteiger partial charge in [0.1, 0.15) is 10.7 Å². The zero-order valence-corrected chi connectivity index (χ0v) is 13.2. The molecular formula is C12H17FN2O4S2. The molecule has 6 nitrogen and oxygen atoms in total. The van der Waals surface area contributed by atoms with E-state index in [0.717, 1.165) is 6.07 Å². The van der Waals surface area contributed by atoms with Gasteiger partial charge in [0.2, 0.25) is 20.0 Å². The molecule has 118 valence electrons. The van der Waals surface area contributed by atoms with E-state index in [2.05, 4.69) is 4.72 Å². The molecule has 0 saturated carbocycles. The molecule has 0 amide bonds. The van der Waals surface area contributed by atoms with Crippen LogP contribution in [-0.4, -0.2) is 46.5 Å². The molecule has 0 aromatic heterocycles. The van der Waals surface area contributed by atoms with Crippen LogP contribution in [0.15, 0.2) is 23.1 Å². The Kier molecular flexibility index (Phi) is 4.66. The first-order chi connectivity index (χ1) is 9.74. The summed E-state index contributed by atoms with van der Waals surface area (Å²) in [6, 6.07) is 4.01. The van der Waals surface area contributed by atoms with Gasteiger partial charge in [-0.25, -0.2) is 30.3 Å². The van der Waals surface area contributed by atoms with Gasteiger partial charge in [0.05, 0.1) is 5.75 Å². The molecule has 0 unspecified atom stereocenters. The molecule has 9 heteroatoms. The predicted molar refractivity (Wildman–Crippen MR) is 76.3 cm³/mol. The fraction of sp³-hybridized carbons (Fsp3) is 0.500. The maximum absolute atomic E-state index is 13.7. The summed E-state index contributed by atoms with van der Waals surface area (Å²) in [5, 5.41) is 0. The Morgan fingerprint density at radius 2 is 2.10 bits per heavy atom. The van der Waals surface area contributed by atoms with E-state index in [0.29, 0.717) is 18.5 Å². The normalized spacial score (nSPS) is 19.0. The van der Waals surface area contributed by atoms with Crippen LogP contribution in [0.25, 0.3) is 0 Å². The second kappa shape index (κ2) is 5.99. The molecule has 0 spiro atoms. The van der Waals surface area contributed by atoms with Crippen molar-refractivity contribution in [1.82, 2.24) is 9.03 Å². The van der Waals surface area contributed by atoms with Gasteiger partial charge in [0.25, 0.3) is 0 Å². The Morgan fingerprint density at radius 1 is 1.38 bits per heavy atom. The van der Waals surface area contributed by atoms with Crippen LogP contribution >= 0.6 is 0 Å². The lowest BCUT2D eigenvalue weighted by Gasteiger charge is -2.15. The van der Waals surface area contributed by atoms with Gasteiger partial charge >= 0.3 is 0 Å². The predicted octanol–water partition coefficient (Wildman–Crippen LogP) is 0.448. The van der Waals surface area contributed by atoms with Gasteiger partial charge < -0.3 is 0 Å². The van der Waals surface area contributed by atoms with E-state index in [1.165, 1.54) is 23.4 Å². The number of halogens is 1. The summed E-state index contributed by atoms with van der Waals surface area (Å²) >= 11 is 0. The molecule has 1 heterocycles. The number of nitrogens with one attached hydrogen (secondary N) is 1. The van der Waals surface area contributed by atoms with Crippen molar-refractivity contribution in [2.75, 3.05) is 25.4 Å². The lowest BCUT2D eigenvalue weighted by Crippen LogP contribution is -2.36. The molecule has 1 saturated heterocycles. The SMILES string of the molecule is Cc1cccc(F)c1S(=O)(=O)NCCN1CCCS1(=O)=O. The fourth-order valence-electron chi connectivity index (χ4n) is 2.28. The van der Waals surface area contributed by atoms with Crippen molar-refractivity contribution in [3.05, 3.63) is 29.6 Å². The average molecular weight is 336 g/mol. The maximum Gasteiger partial charge on any atom is 0.243 e. The van der Waals surface area contributed by atoms with E-state index in [1.54, 1.807) is 0 Å². The van der Waals surface area contributed by atoms with E-state index in [9.17, 15) is 21.2 Å². The first-order valence-electron chi connectivity index (χ1n) is 6.47. The molecule has 1 aromatic carbocycles. The summed E-state index contributed by atoms with van der Waals surface area (Å²) in [6.07, 6.45) is 0.543. The van der Waals surface area contributed by atoms with Crippen LogP contribution < -0.4 is 4.72 Å². The molecule has 1 aliphatic heterocycles. The van der Waals surface area contributed by atoms with E-state index < -0.39 is 30.8 Å². The van der Waals surface area contributed by atoms with Crippen molar-refractivity contribution < 1.29 is 21.2 Å². The Balaban J connectivity index is 2.06. The van der Waals surface area contributed by atoms with Gasteiger partial charge in [-0.2, -0.15) is 0 Å². The van der Waals surface area contributed by atoms with Crippen molar-refractivity contribution in [2.24, 2.45) is 0 Å². The summed E-state index contributed by atoms with van der Waals surface area (Å²) in [4.78, 5) is -0.394. The second-order valence-electron chi connectivity index (χ2n) is 4.85. The summed E-state index contributed by atoms with van der Waals surface area (Å²) in [5.74, 6) is -0.733. The van der Waals surface area contributed by atoms with E-state index >= 15 is 0 Å². The van der Waals surface area contributed by atoms with Crippen LogP contribution in [0.4, 0.5) is 4.39 Å². The third-order valence-corrected chi connectivity index (χ3v) is 6.88. The summed E-state index contributed by atoms with van der Waals surface area (Å²) < 4.78 is 64.5. The Hall–Kier alpha value is -1.03. The van der Waals surface area contributed by atoms with Crippen molar-refractivity contribution >= 4 is 20.0 Å². The number of hydrogen-bond donors (Lipinski definition) is 1.